The van der Waals surface area contributed by atoms with Crippen molar-refractivity contribution in [3.8, 4) is 0 Å². The molecule has 0 amide bonds. The number of benzene rings is 1. The van der Waals surface area contributed by atoms with Gasteiger partial charge in [0.15, 0.2) is 0 Å². The second kappa shape index (κ2) is 6.06. The zero-order valence-electron chi connectivity index (χ0n) is 13.5. The average molecular weight is 263 g/mol. The van der Waals surface area contributed by atoms with Gasteiger partial charge in [-0.3, -0.25) is 0 Å². The Morgan fingerprint density at radius 3 is 2.21 bits per heavy atom. The molecular formula is C17H29NO. The lowest BCUT2D eigenvalue weighted by atomic mass is 9.87. The fourth-order valence-electron chi connectivity index (χ4n) is 2.17. The minimum absolute atomic E-state index is 0.220. The van der Waals surface area contributed by atoms with Crippen LogP contribution in [0.25, 0.3) is 0 Å². The second-order valence-corrected chi connectivity index (χ2v) is 6.84. The van der Waals surface area contributed by atoms with Crippen molar-refractivity contribution in [3.63, 3.8) is 0 Å². The normalized spacial score (nSPS) is 15.6. The van der Waals surface area contributed by atoms with Crippen molar-refractivity contribution >= 4 is 0 Å². The van der Waals surface area contributed by atoms with Crippen molar-refractivity contribution in [2.75, 3.05) is 13.6 Å². The quantitative estimate of drug-likeness (QED) is 0.895. The van der Waals surface area contributed by atoms with Crippen LogP contribution in [0.2, 0.25) is 0 Å². The standard InChI is InChI=1S/C17H29NO/c1-12-8-9-15(10-13(12)2)16(19)11-18(7)14(3)17(4,5)6/h8-10,14,16,19H,11H2,1-7H3. The maximum atomic E-state index is 10.4. The van der Waals surface area contributed by atoms with Gasteiger partial charge in [0.05, 0.1) is 6.10 Å². The Hall–Kier alpha value is -0.860. The summed E-state index contributed by atoms with van der Waals surface area (Å²) in [6, 6.07) is 6.63. The second-order valence-electron chi connectivity index (χ2n) is 6.84. The third-order valence-corrected chi connectivity index (χ3v) is 4.29. The molecule has 0 heterocycles. The minimum Gasteiger partial charge on any atom is -0.387 e. The lowest BCUT2D eigenvalue weighted by Crippen LogP contribution is -2.41. The Morgan fingerprint density at radius 1 is 1.16 bits per heavy atom. The van der Waals surface area contributed by atoms with E-state index in [0.717, 1.165) is 5.56 Å². The summed E-state index contributed by atoms with van der Waals surface area (Å²) in [7, 11) is 2.08. The first-order valence-corrected chi connectivity index (χ1v) is 7.08. The minimum atomic E-state index is -0.422. The SMILES string of the molecule is Cc1ccc(C(O)CN(C)C(C)C(C)(C)C)cc1C. The van der Waals surface area contributed by atoms with Crippen LogP contribution in [-0.2, 0) is 0 Å². The van der Waals surface area contributed by atoms with E-state index in [1.807, 2.05) is 6.07 Å². The molecule has 0 spiro atoms. The molecule has 2 atom stereocenters. The van der Waals surface area contributed by atoms with Gasteiger partial charge in [-0.2, -0.15) is 0 Å². The van der Waals surface area contributed by atoms with Gasteiger partial charge >= 0.3 is 0 Å². The van der Waals surface area contributed by atoms with E-state index in [1.54, 1.807) is 0 Å². The van der Waals surface area contributed by atoms with Crippen molar-refractivity contribution in [3.05, 3.63) is 34.9 Å². The first-order valence-electron chi connectivity index (χ1n) is 7.08. The summed E-state index contributed by atoms with van der Waals surface area (Å²) in [5, 5.41) is 10.4. The van der Waals surface area contributed by atoms with Gasteiger partial charge in [0.2, 0.25) is 0 Å². The molecule has 19 heavy (non-hydrogen) atoms. The molecule has 0 saturated heterocycles. The molecule has 0 aliphatic carbocycles. The molecule has 0 bridgehead atoms. The van der Waals surface area contributed by atoms with Crippen LogP contribution in [0, 0.1) is 19.3 Å². The van der Waals surface area contributed by atoms with Crippen molar-refractivity contribution < 1.29 is 5.11 Å². The Balaban J connectivity index is 2.74. The Kier molecular flexibility index (Phi) is 5.17. The summed E-state index contributed by atoms with van der Waals surface area (Å²) in [5.41, 5.74) is 3.74. The van der Waals surface area contributed by atoms with Crippen LogP contribution < -0.4 is 0 Å². The molecular weight excluding hydrogens is 234 g/mol. The van der Waals surface area contributed by atoms with Gasteiger partial charge in [-0.1, -0.05) is 39.0 Å². The van der Waals surface area contributed by atoms with E-state index in [0.29, 0.717) is 12.6 Å². The van der Waals surface area contributed by atoms with Crippen molar-refractivity contribution in [1.82, 2.24) is 4.90 Å². The third-order valence-electron chi connectivity index (χ3n) is 4.29. The molecule has 1 aromatic rings. The van der Waals surface area contributed by atoms with Crippen LogP contribution in [0.3, 0.4) is 0 Å². The molecule has 0 saturated carbocycles. The number of hydrogen-bond donors (Lipinski definition) is 1. The molecule has 0 radical (unpaired) electrons. The van der Waals surface area contributed by atoms with E-state index in [-0.39, 0.29) is 5.41 Å². The van der Waals surface area contributed by atoms with Crippen LogP contribution in [0.1, 0.15) is 50.5 Å². The van der Waals surface area contributed by atoms with E-state index >= 15 is 0 Å². The van der Waals surface area contributed by atoms with Gasteiger partial charge < -0.3 is 10.0 Å². The van der Waals surface area contributed by atoms with Crippen molar-refractivity contribution in [1.29, 1.82) is 0 Å². The summed E-state index contributed by atoms with van der Waals surface area (Å²) in [6.45, 7) is 13.8. The largest absolute Gasteiger partial charge is 0.387 e. The highest BCUT2D eigenvalue weighted by Gasteiger charge is 2.25. The summed E-state index contributed by atoms with van der Waals surface area (Å²) in [4.78, 5) is 2.24. The lowest BCUT2D eigenvalue weighted by Gasteiger charge is -2.36. The van der Waals surface area contributed by atoms with Crippen molar-refractivity contribution in [2.24, 2.45) is 5.41 Å². The number of aliphatic hydroxyl groups excluding tert-OH is 1. The van der Waals surface area contributed by atoms with Gasteiger partial charge in [-0.25, -0.2) is 0 Å². The number of hydrogen-bond acceptors (Lipinski definition) is 2. The van der Waals surface area contributed by atoms with Gasteiger partial charge in [-0.15, -0.1) is 0 Å². The molecule has 1 N–H and O–H groups in total. The molecule has 0 aliphatic rings. The van der Waals surface area contributed by atoms with Gasteiger partial charge in [0.1, 0.15) is 0 Å². The molecule has 0 aromatic heterocycles. The third kappa shape index (κ3) is 4.32. The Morgan fingerprint density at radius 2 is 1.74 bits per heavy atom. The maximum Gasteiger partial charge on any atom is 0.0917 e. The van der Waals surface area contributed by atoms with E-state index in [1.165, 1.54) is 11.1 Å². The molecule has 1 aromatic carbocycles. The topological polar surface area (TPSA) is 23.5 Å². The zero-order chi connectivity index (χ0) is 14.8. The first-order chi connectivity index (χ1) is 8.62. The van der Waals surface area contributed by atoms with E-state index in [4.69, 9.17) is 0 Å². The summed E-state index contributed by atoms with van der Waals surface area (Å²) in [5.74, 6) is 0. The smallest absolute Gasteiger partial charge is 0.0917 e. The van der Waals surface area contributed by atoms with E-state index in [2.05, 4.69) is 65.6 Å². The Bertz CT molecular complexity index is 420. The monoisotopic (exact) mass is 263 g/mol. The highest BCUT2D eigenvalue weighted by Crippen LogP contribution is 2.25. The molecule has 2 heteroatoms. The van der Waals surface area contributed by atoms with Crippen LogP contribution in [0.15, 0.2) is 18.2 Å². The first kappa shape index (κ1) is 16.2. The van der Waals surface area contributed by atoms with Crippen LogP contribution in [0.5, 0.6) is 0 Å². The molecule has 0 fully saturated rings. The predicted octanol–water partition coefficient (Wildman–Crippen LogP) is 3.70. The predicted molar refractivity (Wildman–Crippen MR) is 82.4 cm³/mol. The molecule has 2 nitrogen and oxygen atoms in total. The number of likely N-dealkylation sites (N-methyl/N-ethyl adjacent to an activating group) is 1. The Labute approximate surface area is 118 Å². The summed E-state index contributed by atoms with van der Waals surface area (Å²) >= 11 is 0. The highest BCUT2D eigenvalue weighted by atomic mass is 16.3. The molecule has 0 aliphatic heterocycles. The maximum absolute atomic E-state index is 10.4. The fourth-order valence-corrected chi connectivity index (χ4v) is 2.17. The van der Waals surface area contributed by atoms with Gasteiger partial charge in [0, 0.05) is 12.6 Å². The zero-order valence-corrected chi connectivity index (χ0v) is 13.5. The molecule has 108 valence electrons. The van der Waals surface area contributed by atoms with Crippen LogP contribution in [0.4, 0.5) is 0 Å². The van der Waals surface area contributed by atoms with E-state index in [9.17, 15) is 5.11 Å². The van der Waals surface area contributed by atoms with Crippen molar-refractivity contribution in [2.45, 2.75) is 53.7 Å². The van der Waals surface area contributed by atoms with Crippen LogP contribution in [-0.4, -0.2) is 29.6 Å². The lowest BCUT2D eigenvalue weighted by molar-refractivity contribution is 0.0714. The van der Waals surface area contributed by atoms with Gasteiger partial charge in [0.25, 0.3) is 0 Å². The summed E-state index contributed by atoms with van der Waals surface area (Å²) in [6.07, 6.45) is -0.422. The summed E-state index contributed by atoms with van der Waals surface area (Å²) < 4.78 is 0. The molecule has 1 rings (SSSR count). The number of aliphatic hydroxyl groups is 1. The van der Waals surface area contributed by atoms with Crippen LogP contribution >= 0.6 is 0 Å². The van der Waals surface area contributed by atoms with E-state index < -0.39 is 6.10 Å². The average Bonchev–Trinajstić information content (AvgIpc) is 2.30. The molecule has 2 unspecified atom stereocenters. The number of rotatable bonds is 4. The fraction of sp³-hybridized carbons (Fsp3) is 0.647. The van der Waals surface area contributed by atoms with Gasteiger partial charge in [-0.05, 0) is 49.9 Å². The number of nitrogens with zero attached hydrogens (tertiary/aromatic N) is 1. The highest BCUT2D eigenvalue weighted by molar-refractivity contribution is 5.31. The number of aryl methyl sites for hydroxylation is 2.